The predicted octanol–water partition coefficient (Wildman–Crippen LogP) is 0.879. The number of ether oxygens (including phenoxy) is 1. The van der Waals surface area contributed by atoms with Gasteiger partial charge in [0.05, 0.1) is 30.5 Å². The Hall–Kier alpha value is -0.870. The van der Waals surface area contributed by atoms with E-state index in [0.29, 0.717) is 36.8 Å². The second-order valence-electron chi connectivity index (χ2n) is 2.54. The first kappa shape index (κ1) is 7.76. The van der Waals surface area contributed by atoms with Crippen LogP contribution in [0.25, 0.3) is 0 Å². The van der Waals surface area contributed by atoms with Crippen LogP contribution in [-0.4, -0.2) is 22.7 Å². The molecule has 1 aromatic rings. The molecule has 0 N–H and O–H groups in total. The Morgan fingerprint density at radius 1 is 1.67 bits per heavy atom. The zero-order valence-corrected chi connectivity index (χ0v) is 7.04. The summed E-state index contributed by atoms with van der Waals surface area (Å²) in [6.07, 6.45) is 0.660. The number of hydrogen-bond acceptors (Lipinski definition) is 3. The molecular weight excluding hydrogens is 180 g/mol. The number of hydrogen-bond donors (Lipinski definition) is 0. The van der Waals surface area contributed by atoms with Crippen molar-refractivity contribution in [1.29, 1.82) is 0 Å². The molecule has 0 fully saturated rings. The van der Waals surface area contributed by atoms with Crippen molar-refractivity contribution in [3.05, 3.63) is 16.4 Å². The van der Waals surface area contributed by atoms with Crippen molar-refractivity contribution in [1.82, 2.24) is 9.78 Å². The molecule has 1 aliphatic rings. The summed E-state index contributed by atoms with van der Waals surface area (Å²) in [4.78, 5) is 10.4. The number of fused-ring (bicyclic) bond motifs is 1. The van der Waals surface area contributed by atoms with Crippen LogP contribution in [0.1, 0.15) is 16.2 Å². The minimum absolute atomic E-state index is 0.303. The maximum atomic E-state index is 10.4. The van der Waals surface area contributed by atoms with Crippen molar-refractivity contribution in [2.75, 3.05) is 6.61 Å². The largest absolute Gasteiger partial charge is 0.373 e. The molecule has 0 unspecified atom stereocenters. The van der Waals surface area contributed by atoms with Crippen LogP contribution in [0, 0.1) is 0 Å². The Kier molecular flexibility index (Phi) is 1.86. The number of aromatic nitrogens is 2. The molecule has 1 aliphatic heterocycles. The van der Waals surface area contributed by atoms with Gasteiger partial charge in [0.25, 0.3) is 0 Å². The van der Waals surface area contributed by atoms with E-state index in [9.17, 15) is 4.79 Å². The van der Waals surface area contributed by atoms with Gasteiger partial charge in [0.2, 0.25) is 0 Å². The van der Waals surface area contributed by atoms with Gasteiger partial charge < -0.3 is 4.74 Å². The molecule has 0 amide bonds. The number of carbonyl (C=O) groups is 1. The third kappa shape index (κ3) is 1.04. The minimum Gasteiger partial charge on any atom is -0.373 e. The van der Waals surface area contributed by atoms with Gasteiger partial charge in [0.1, 0.15) is 5.69 Å². The van der Waals surface area contributed by atoms with E-state index in [1.54, 1.807) is 4.68 Å². The molecule has 1 aromatic heterocycles. The van der Waals surface area contributed by atoms with Gasteiger partial charge in [0.15, 0.2) is 6.29 Å². The molecular formula is C7H7ClN2O2. The Bertz CT molecular complexity index is 321. The topological polar surface area (TPSA) is 44.1 Å². The molecule has 5 heteroatoms. The van der Waals surface area contributed by atoms with Crippen molar-refractivity contribution < 1.29 is 9.53 Å². The van der Waals surface area contributed by atoms with E-state index in [2.05, 4.69) is 5.10 Å². The molecule has 12 heavy (non-hydrogen) atoms. The Labute approximate surface area is 74.1 Å². The smallest absolute Gasteiger partial charge is 0.171 e. The molecule has 2 heterocycles. The lowest BCUT2D eigenvalue weighted by Gasteiger charge is -2.13. The number of aldehydes is 1. The normalized spacial score (nSPS) is 15.8. The van der Waals surface area contributed by atoms with Gasteiger partial charge in [-0.25, -0.2) is 0 Å². The maximum absolute atomic E-state index is 10.4. The van der Waals surface area contributed by atoms with Gasteiger partial charge in [0, 0.05) is 0 Å². The summed E-state index contributed by atoms with van der Waals surface area (Å²) in [5.74, 6) is 0. The highest BCUT2D eigenvalue weighted by molar-refractivity contribution is 6.33. The quantitative estimate of drug-likeness (QED) is 0.612. The molecule has 64 valence electrons. The Morgan fingerprint density at radius 3 is 3.17 bits per heavy atom. The lowest BCUT2D eigenvalue weighted by atomic mass is 10.3. The summed E-state index contributed by atoms with van der Waals surface area (Å²) >= 11 is 5.85. The molecule has 0 saturated heterocycles. The summed E-state index contributed by atoms with van der Waals surface area (Å²) in [5.41, 5.74) is 1.10. The zero-order chi connectivity index (χ0) is 8.55. The van der Waals surface area contributed by atoms with E-state index in [4.69, 9.17) is 16.3 Å². The summed E-state index contributed by atoms with van der Waals surface area (Å²) in [6, 6.07) is 0. The maximum Gasteiger partial charge on any atom is 0.171 e. The summed E-state index contributed by atoms with van der Waals surface area (Å²) in [5, 5.41) is 4.43. The van der Waals surface area contributed by atoms with Crippen LogP contribution in [0.4, 0.5) is 0 Å². The number of carbonyl (C=O) groups excluding carboxylic acids is 1. The van der Waals surface area contributed by atoms with Gasteiger partial charge in [-0.05, 0) is 0 Å². The lowest BCUT2D eigenvalue weighted by molar-refractivity contribution is 0.0800. The van der Waals surface area contributed by atoms with Gasteiger partial charge >= 0.3 is 0 Å². The number of nitrogens with zero attached hydrogens (tertiary/aromatic N) is 2. The predicted molar refractivity (Wildman–Crippen MR) is 42.3 cm³/mol. The van der Waals surface area contributed by atoms with E-state index in [1.807, 2.05) is 0 Å². The van der Waals surface area contributed by atoms with Crippen molar-refractivity contribution in [3.8, 4) is 0 Å². The van der Waals surface area contributed by atoms with Crippen LogP contribution in [0.5, 0.6) is 0 Å². The van der Waals surface area contributed by atoms with Crippen LogP contribution < -0.4 is 0 Å². The van der Waals surface area contributed by atoms with Gasteiger partial charge in [-0.3, -0.25) is 9.48 Å². The average Bonchev–Trinajstić information content (AvgIpc) is 2.44. The number of halogens is 1. The van der Waals surface area contributed by atoms with Crippen molar-refractivity contribution >= 4 is 17.9 Å². The summed E-state index contributed by atoms with van der Waals surface area (Å²) in [7, 11) is 0. The SMILES string of the molecule is O=Cc1nn2c(c1Cl)COCC2. The zero-order valence-electron chi connectivity index (χ0n) is 6.29. The van der Waals surface area contributed by atoms with E-state index >= 15 is 0 Å². The first-order valence-electron chi connectivity index (χ1n) is 3.61. The van der Waals surface area contributed by atoms with Crippen molar-refractivity contribution in [3.63, 3.8) is 0 Å². The van der Waals surface area contributed by atoms with Crippen molar-refractivity contribution in [2.45, 2.75) is 13.2 Å². The fourth-order valence-electron chi connectivity index (χ4n) is 1.21. The van der Waals surface area contributed by atoms with E-state index in [0.717, 1.165) is 5.69 Å². The highest BCUT2D eigenvalue weighted by atomic mass is 35.5. The fraction of sp³-hybridized carbons (Fsp3) is 0.429. The van der Waals surface area contributed by atoms with Gasteiger partial charge in [-0.1, -0.05) is 11.6 Å². The Balaban J connectivity index is 2.51. The van der Waals surface area contributed by atoms with Crippen LogP contribution >= 0.6 is 11.6 Å². The van der Waals surface area contributed by atoms with Crippen LogP contribution in [0.15, 0.2) is 0 Å². The molecule has 0 radical (unpaired) electrons. The molecule has 0 aromatic carbocycles. The number of rotatable bonds is 1. The molecule has 0 atom stereocenters. The van der Waals surface area contributed by atoms with Gasteiger partial charge in [-0.2, -0.15) is 5.10 Å². The monoisotopic (exact) mass is 186 g/mol. The van der Waals surface area contributed by atoms with E-state index < -0.39 is 0 Å². The molecule has 0 bridgehead atoms. The summed E-state index contributed by atoms with van der Waals surface area (Å²) in [6.45, 7) is 1.74. The minimum atomic E-state index is 0.303. The van der Waals surface area contributed by atoms with Crippen LogP contribution in [-0.2, 0) is 17.9 Å². The molecule has 4 nitrogen and oxygen atoms in total. The van der Waals surface area contributed by atoms with Gasteiger partial charge in [-0.15, -0.1) is 0 Å². The first-order chi connectivity index (χ1) is 5.83. The highest BCUT2D eigenvalue weighted by Gasteiger charge is 2.18. The lowest BCUT2D eigenvalue weighted by Crippen LogP contribution is -2.17. The third-order valence-corrected chi connectivity index (χ3v) is 2.23. The second-order valence-corrected chi connectivity index (χ2v) is 2.92. The van der Waals surface area contributed by atoms with E-state index in [-0.39, 0.29) is 0 Å². The standard InChI is InChI=1S/C7H7ClN2O2/c8-7-5(3-11)9-10-1-2-12-4-6(7)10/h3H,1-2,4H2. The highest BCUT2D eigenvalue weighted by Crippen LogP contribution is 2.22. The first-order valence-corrected chi connectivity index (χ1v) is 3.99. The second kappa shape index (κ2) is 2.88. The third-order valence-electron chi connectivity index (χ3n) is 1.82. The molecule has 2 rings (SSSR count). The molecule has 0 aliphatic carbocycles. The molecule has 0 saturated carbocycles. The van der Waals surface area contributed by atoms with E-state index in [1.165, 1.54) is 0 Å². The van der Waals surface area contributed by atoms with Crippen molar-refractivity contribution in [2.24, 2.45) is 0 Å². The summed E-state index contributed by atoms with van der Waals surface area (Å²) < 4.78 is 6.89. The molecule has 0 spiro atoms. The average molecular weight is 187 g/mol. The van der Waals surface area contributed by atoms with Crippen LogP contribution in [0.3, 0.4) is 0 Å². The Morgan fingerprint density at radius 2 is 2.50 bits per heavy atom. The van der Waals surface area contributed by atoms with Crippen LogP contribution in [0.2, 0.25) is 5.02 Å². The fourth-order valence-corrected chi connectivity index (χ4v) is 1.45.